The number of fused-ring (bicyclic) bond motifs is 6. The fourth-order valence-electron chi connectivity index (χ4n) is 7.23. The van der Waals surface area contributed by atoms with Crippen LogP contribution >= 0.6 is 0 Å². The lowest BCUT2D eigenvalue weighted by molar-refractivity contribution is 0.893. The third kappa shape index (κ3) is 5.21. The van der Waals surface area contributed by atoms with Crippen molar-refractivity contribution in [1.82, 2.24) is 24.1 Å². The molecule has 3 heterocycles. The van der Waals surface area contributed by atoms with Gasteiger partial charge in [0, 0.05) is 27.1 Å². The van der Waals surface area contributed by atoms with Crippen LogP contribution in [0.1, 0.15) is 21.9 Å². The monoisotopic (exact) mass is 731 g/mol. The van der Waals surface area contributed by atoms with Crippen LogP contribution in [0.15, 0.2) is 200 Å². The minimum atomic E-state index is -0.698. The number of para-hydroxylation sites is 4. The molecule has 0 amide bonds. The summed E-state index contributed by atoms with van der Waals surface area (Å²) in [5, 5.41) is -1.05. The Labute approximate surface area is 345 Å². The van der Waals surface area contributed by atoms with Crippen LogP contribution in [0.5, 0.6) is 0 Å². The minimum absolute atomic E-state index is 0.145. The molecule has 5 nitrogen and oxygen atoms in total. The van der Waals surface area contributed by atoms with Gasteiger partial charge in [0.15, 0.2) is 5.82 Å². The fraction of sp³-hybridized carbons (Fsp3) is 0. The lowest BCUT2D eigenvalue weighted by Gasteiger charge is -2.14. The van der Waals surface area contributed by atoms with Crippen LogP contribution in [-0.2, 0) is 0 Å². The van der Waals surface area contributed by atoms with Gasteiger partial charge in [-0.2, -0.15) is 15.0 Å². The highest BCUT2D eigenvalue weighted by Gasteiger charge is 2.21. The van der Waals surface area contributed by atoms with Crippen molar-refractivity contribution in [3.63, 3.8) is 0 Å². The molecule has 0 saturated carbocycles. The maximum atomic E-state index is 9.22. The van der Waals surface area contributed by atoms with E-state index in [2.05, 4.69) is 6.07 Å². The Morgan fingerprint density at radius 2 is 0.714 bits per heavy atom. The van der Waals surface area contributed by atoms with Gasteiger partial charge in [-0.3, -0.25) is 9.13 Å². The van der Waals surface area contributed by atoms with E-state index < -0.39 is 109 Å². The van der Waals surface area contributed by atoms with E-state index >= 15 is 0 Å². The molecule has 0 aliphatic carbocycles. The Morgan fingerprint density at radius 3 is 1.20 bits per heavy atom. The Morgan fingerprint density at radius 1 is 0.339 bits per heavy atom. The first-order chi connectivity index (χ1) is 34.4. The average molecular weight is 732 g/mol. The summed E-state index contributed by atoms with van der Waals surface area (Å²) in [6.45, 7) is 0. The number of aromatic nitrogens is 5. The quantitative estimate of drug-likeness (QED) is 0.171. The van der Waals surface area contributed by atoms with Crippen molar-refractivity contribution in [3.8, 4) is 56.7 Å². The first kappa shape index (κ1) is 19.6. The number of nitrogens with zero attached hydrogens (tertiary/aromatic N) is 5. The zero-order valence-electron chi connectivity index (χ0n) is 45.1. The molecule has 262 valence electrons. The molecule has 0 spiro atoms. The average Bonchev–Trinajstić information content (AvgIpc) is 3.96. The molecule has 11 rings (SSSR count). The van der Waals surface area contributed by atoms with Gasteiger partial charge in [0.2, 0.25) is 11.9 Å². The third-order valence-electron chi connectivity index (χ3n) is 9.72. The highest BCUT2D eigenvalue weighted by Crippen LogP contribution is 2.37. The Kier molecular flexibility index (Phi) is 4.57. The molecule has 11 aromatic rings. The van der Waals surface area contributed by atoms with Crippen molar-refractivity contribution in [2.75, 3.05) is 0 Å². The highest BCUT2D eigenvalue weighted by atomic mass is 15.3. The number of rotatable bonds is 6. The van der Waals surface area contributed by atoms with Crippen LogP contribution in [0.4, 0.5) is 0 Å². The number of hydrogen-bond acceptors (Lipinski definition) is 3. The van der Waals surface area contributed by atoms with Gasteiger partial charge in [-0.05, 0) is 69.7 Å². The lowest BCUT2D eigenvalue weighted by Crippen LogP contribution is -2.10. The van der Waals surface area contributed by atoms with Crippen LogP contribution in [0.2, 0.25) is 0 Å². The Bertz CT molecular complexity index is 3860. The summed E-state index contributed by atoms with van der Waals surface area (Å²) in [7, 11) is 0. The largest absolute Gasteiger partial charge is 0.278 e. The van der Waals surface area contributed by atoms with E-state index in [-0.39, 0.29) is 49.4 Å². The molecule has 0 aliphatic heterocycles. The highest BCUT2D eigenvalue weighted by molar-refractivity contribution is 6.10. The molecule has 0 bridgehead atoms. The smallest absolute Gasteiger partial charge is 0.240 e. The van der Waals surface area contributed by atoms with Gasteiger partial charge in [0.25, 0.3) is 0 Å². The van der Waals surface area contributed by atoms with Gasteiger partial charge < -0.3 is 0 Å². The normalized spacial score (nSPS) is 15.6. The van der Waals surface area contributed by atoms with E-state index in [4.69, 9.17) is 31.4 Å². The first-order valence-corrected chi connectivity index (χ1v) is 17.6. The van der Waals surface area contributed by atoms with Crippen LogP contribution in [0.3, 0.4) is 0 Å². The van der Waals surface area contributed by atoms with Gasteiger partial charge in [0.1, 0.15) is 0 Å². The fourth-order valence-corrected chi connectivity index (χ4v) is 7.23. The second-order valence-corrected chi connectivity index (χ2v) is 12.9. The van der Waals surface area contributed by atoms with Gasteiger partial charge in [-0.25, -0.2) is 0 Å². The molecular formula is C51H33N5. The molecule has 5 heteroatoms. The summed E-state index contributed by atoms with van der Waals surface area (Å²) >= 11 is 0. The predicted molar refractivity (Wildman–Crippen MR) is 230 cm³/mol. The second-order valence-electron chi connectivity index (χ2n) is 12.9. The lowest BCUT2D eigenvalue weighted by atomic mass is 9.92. The summed E-state index contributed by atoms with van der Waals surface area (Å²) in [4.78, 5) is 14.6. The maximum absolute atomic E-state index is 9.22. The van der Waals surface area contributed by atoms with Crippen molar-refractivity contribution < 1.29 is 21.9 Å². The third-order valence-corrected chi connectivity index (χ3v) is 9.72. The van der Waals surface area contributed by atoms with Crippen molar-refractivity contribution in [2.24, 2.45) is 0 Å². The number of hydrogen-bond donors (Lipinski definition) is 0. The summed E-state index contributed by atoms with van der Waals surface area (Å²) < 4.78 is 144. The summed E-state index contributed by atoms with van der Waals surface area (Å²) in [5.74, 6) is -1.08. The van der Waals surface area contributed by atoms with Gasteiger partial charge in [-0.1, -0.05) is 164 Å². The number of benzene rings is 8. The predicted octanol–water partition coefficient (Wildman–Crippen LogP) is 12.7. The van der Waals surface area contributed by atoms with Crippen LogP contribution in [0, 0.1) is 0 Å². The zero-order valence-corrected chi connectivity index (χ0v) is 29.1. The second kappa shape index (κ2) is 13.0. The van der Waals surface area contributed by atoms with E-state index in [1.54, 1.807) is 18.2 Å². The molecule has 56 heavy (non-hydrogen) atoms. The molecule has 0 N–H and O–H groups in total. The molecule has 3 aromatic heterocycles. The standard InChI is InChI=1S/C51H33N5/c1-2-16-34(17-3-1)35-18-14-19-36(32-35)39-22-4-5-23-40(39)37-20-15-21-38(33-37)49-52-50(55-45-28-10-6-24-41(45)42-25-7-11-29-46(42)55)54-51(53-49)56-47-30-12-8-26-43(47)44-27-9-13-31-48(44)56/h1-33H/i6D,7D,8D,9D,10D,11D,12D,13D,24D,25D,26D,27D,28D,29D,30D,31D. The molecule has 0 atom stereocenters. The SMILES string of the molecule is [2H]c1c([2H])c([2H])c2c(c1[2H])c1c([2H])c([2H])c([2H])c([2H])c1n2-c1nc(-c2cccc(-c3ccccc3-c3cccc(-c4ccccc4)c3)c2)nc(-n2c3c([2H])c([2H])c([2H])c([2H])c3c3c([2H])c([2H])c([2H])c([2H])c32)n1. The maximum Gasteiger partial charge on any atom is 0.240 e. The molecule has 0 aliphatic rings. The van der Waals surface area contributed by atoms with E-state index in [1.807, 2.05) is 78.9 Å². The van der Waals surface area contributed by atoms with Crippen LogP contribution < -0.4 is 0 Å². The van der Waals surface area contributed by atoms with Crippen molar-refractivity contribution in [2.45, 2.75) is 0 Å². The van der Waals surface area contributed by atoms with E-state index in [1.165, 1.54) is 0 Å². The Balaban J connectivity index is 1.27. The van der Waals surface area contributed by atoms with Crippen molar-refractivity contribution in [1.29, 1.82) is 0 Å². The Hall–Kier alpha value is -7.63. The van der Waals surface area contributed by atoms with Crippen molar-refractivity contribution >= 4 is 43.6 Å². The first-order valence-electron chi connectivity index (χ1n) is 25.6. The topological polar surface area (TPSA) is 48.5 Å². The van der Waals surface area contributed by atoms with Gasteiger partial charge in [0.05, 0.1) is 44.0 Å². The summed E-state index contributed by atoms with van der Waals surface area (Å²) in [5.41, 5.74) is 4.37. The van der Waals surface area contributed by atoms with E-state index in [0.717, 1.165) is 37.0 Å². The summed E-state index contributed by atoms with van der Waals surface area (Å²) in [6.07, 6.45) is 0. The molecule has 0 radical (unpaired) electrons. The van der Waals surface area contributed by atoms with Gasteiger partial charge >= 0.3 is 0 Å². The van der Waals surface area contributed by atoms with Gasteiger partial charge in [-0.15, -0.1) is 0 Å². The minimum Gasteiger partial charge on any atom is -0.278 e. The van der Waals surface area contributed by atoms with E-state index in [0.29, 0.717) is 11.1 Å². The molecule has 0 saturated heterocycles. The van der Waals surface area contributed by atoms with Crippen molar-refractivity contribution in [3.05, 3.63) is 200 Å². The molecular weight excluding hydrogens is 683 g/mol. The summed E-state index contributed by atoms with van der Waals surface area (Å²) in [6, 6.07) is 22.4. The van der Waals surface area contributed by atoms with E-state index in [9.17, 15) is 5.48 Å². The molecule has 0 unspecified atom stereocenters. The zero-order chi connectivity index (χ0) is 50.9. The molecule has 8 aromatic carbocycles. The van der Waals surface area contributed by atoms with Crippen LogP contribution in [0.25, 0.3) is 100 Å². The molecule has 0 fully saturated rings. The van der Waals surface area contributed by atoms with Crippen LogP contribution in [-0.4, -0.2) is 24.1 Å².